The Balaban J connectivity index is -0.00000000178. The first-order valence-corrected chi connectivity index (χ1v) is 2.35. The van der Waals surface area contributed by atoms with Crippen LogP contribution in [-0.4, -0.2) is 207 Å². The molecule has 0 bridgehead atoms. The van der Waals surface area contributed by atoms with Crippen LogP contribution in [0.5, 0.6) is 0 Å². The standard InChI is InChI=1S/3K.H3O4P.7H2O/c;;;1-5(2,3)4;;;;;;;/h;;;(H3,1,2,3,4);7*1H2. The van der Waals surface area contributed by atoms with Gasteiger partial charge in [0.1, 0.15) is 0 Å². The molecular formula is H17K3O11P. The summed E-state index contributed by atoms with van der Waals surface area (Å²) in [5.74, 6) is 0. The molecule has 15 heavy (non-hydrogen) atoms. The molecule has 0 atom stereocenters. The Morgan fingerprint density at radius 3 is 0.533 bits per heavy atom. The van der Waals surface area contributed by atoms with E-state index < -0.39 is 7.82 Å². The van der Waals surface area contributed by atoms with E-state index in [2.05, 4.69) is 0 Å². The molecule has 0 aliphatic carbocycles. The number of rotatable bonds is 0. The van der Waals surface area contributed by atoms with Gasteiger partial charge in [-0.2, -0.15) is 0 Å². The Morgan fingerprint density at radius 2 is 0.533 bits per heavy atom. The zero-order chi connectivity index (χ0) is 4.50. The van der Waals surface area contributed by atoms with Gasteiger partial charge in [0.15, 0.2) is 0 Å². The largest absolute Gasteiger partial charge is 0.466 e. The summed E-state index contributed by atoms with van der Waals surface area (Å²) in [6.07, 6.45) is 0. The maximum Gasteiger partial charge on any atom is 0.466 e. The van der Waals surface area contributed by atoms with E-state index in [9.17, 15) is 0 Å². The van der Waals surface area contributed by atoms with Crippen molar-refractivity contribution in [3.63, 3.8) is 0 Å². The molecule has 3 radical (unpaired) electrons. The van der Waals surface area contributed by atoms with E-state index in [1.807, 2.05) is 0 Å². The van der Waals surface area contributed by atoms with Crippen LogP contribution in [0.15, 0.2) is 0 Å². The number of hydrogen-bond acceptors (Lipinski definition) is 1. The van der Waals surface area contributed by atoms with Gasteiger partial charge in [0, 0.05) is 154 Å². The van der Waals surface area contributed by atoms with Crippen molar-refractivity contribution in [2.24, 2.45) is 0 Å². The molecular weight excluding hydrogens is 324 g/mol. The van der Waals surface area contributed by atoms with Crippen LogP contribution in [0.2, 0.25) is 0 Å². The third-order valence-electron chi connectivity index (χ3n) is 0. The van der Waals surface area contributed by atoms with Gasteiger partial charge >= 0.3 is 7.82 Å². The molecule has 17 N–H and O–H groups in total. The fraction of sp³-hybridized carbons (Fsp3) is 0. The molecule has 0 fully saturated rings. The molecule has 0 aromatic heterocycles. The van der Waals surface area contributed by atoms with E-state index in [-0.39, 0.29) is 192 Å². The molecule has 15 heteroatoms. The molecule has 0 aliphatic heterocycles. The molecule has 0 aromatic carbocycles. The molecule has 11 nitrogen and oxygen atoms in total. The van der Waals surface area contributed by atoms with Crippen molar-refractivity contribution < 1.29 is 57.6 Å². The predicted octanol–water partition coefficient (Wildman–Crippen LogP) is -7.84. The third-order valence-corrected chi connectivity index (χ3v) is 0. The van der Waals surface area contributed by atoms with Gasteiger partial charge < -0.3 is 53.0 Å². The monoisotopic (exact) mass is 341 g/mol. The van der Waals surface area contributed by atoms with E-state index in [4.69, 9.17) is 19.2 Å². The summed E-state index contributed by atoms with van der Waals surface area (Å²) in [6.45, 7) is 0. The van der Waals surface area contributed by atoms with Crippen LogP contribution in [0.4, 0.5) is 0 Å². The average molecular weight is 341 g/mol. The fourth-order valence-electron chi connectivity index (χ4n) is 0. The first-order valence-electron chi connectivity index (χ1n) is 0.783. The third kappa shape index (κ3) is 234. The van der Waals surface area contributed by atoms with Crippen LogP contribution in [0.25, 0.3) is 0 Å². The zero-order valence-corrected chi connectivity index (χ0v) is 19.0. The summed E-state index contributed by atoms with van der Waals surface area (Å²) in [5, 5.41) is 0. The maximum atomic E-state index is 8.88. The smallest absolute Gasteiger partial charge is 0.412 e. The van der Waals surface area contributed by atoms with Crippen molar-refractivity contribution in [2.75, 3.05) is 0 Å². The summed E-state index contributed by atoms with van der Waals surface area (Å²) in [7, 11) is -4.64. The van der Waals surface area contributed by atoms with Crippen LogP contribution < -0.4 is 0 Å². The van der Waals surface area contributed by atoms with Gasteiger partial charge in [0.2, 0.25) is 0 Å². The van der Waals surface area contributed by atoms with Crippen molar-refractivity contribution in [1.29, 1.82) is 0 Å². The SMILES string of the molecule is O.O.O.O.O.O.O.O=P(O)(O)O.[K].[K].[K]. The maximum absolute atomic E-state index is 8.88. The Morgan fingerprint density at radius 1 is 0.533 bits per heavy atom. The summed E-state index contributed by atoms with van der Waals surface area (Å²) < 4.78 is 8.88. The van der Waals surface area contributed by atoms with Crippen LogP contribution in [-0.2, 0) is 4.57 Å². The summed E-state index contributed by atoms with van der Waals surface area (Å²) in [5.41, 5.74) is 0. The van der Waals surface area contributed by atoms with E-state index in [0.29, 0.717) is 0 Å². The molecule has 0 heterocycles. The van der Waals surface area contributed by atoms with Crippen molar-refractivity contribution >= 4 is 162 Å². The Kier molecular flexibility index (Phi) is 309. The quantitative estimate of drug-likeness (QED) is 0.285. The van der Waals surface area contributed by atoms with E-state index in [0.717, 1.165) is 0 Å². The van der Waals surface area contributed by atoms with Gasteiger partial charge in [0.25, 0.3) is 0 Å². The minimum absolute atomic E-state index is 0. The van der Waals surface area contributed by atoms with Crippen LogP contribution in [0.3, 0.4) is 0 Å². The minimum atomic E-state index is -4.64. The van der Waals surface area contributed by atoms with Gasteiger partial charge in [0.05, 0.1) is 0 Å². The fourth-order valence-corrected chi connectivity index (χ4v) is 0. The van der Waals surface area contributed by atoms with Crippen molar-refractivity contribution in [3.8, 4) is 0 Å². The molecule has 0 aromatic rings. The van der Waals surface area contributed by atoms with E-state index >= 15 is 0 Å². The topological polar surface area (TPSA) is 298 Å². The Hall–Kier alpha value is 4.74. The molecule has 0 saturated heterocycles. The summed E-state index contributed by atoms with van der Waals surface area (Å²) >= 11 is 0. The second-order valence-corrected chi connectivity index (χ2v) is 1.54. The van der Waals surface area contributed by atoms with Crippen LogP contribution in [0, 0.1) is 0 Å². The predicted molar refractivity (Wildman–Crippen MR) is 56.8 cm³/mol. The molecule has 0 rings (SSSR count). The molecule has 0 spiro atoms. The van der Waals surface area contributed by atoms with Gasteiger partial charge in [-0.1, -0.05) is 0 Å². The van der Waals surface area contributed by atoms with Crippen LogP contribution >= 0.6 is 7.82 Å². The summed E-state index contributed by atoms with van der Waals surface area (Å²) in [6, 6.07) is 0. The van der Waals surface area contributed by atoms with Gasteiger partial charge in [-0.3, -0.25) is 0 Å². The first-order chi connectivity index (χ1) is 2.00. The normalized spacial score (nSPS) is 3.93. The Bertz CT molecular complexity index is 62.0. The molecule has 0 aliphatic rings. The molecule has 0 amide bonds. The number of phosphoric acid groups is 1. The number of hydrogen-bond donors (Lipinski definition) is 3. The molecule has 0 saturated carbocycles. The second kappa shape index (κ2) is 51.1. The van der Waals surface area contributed by atoms with Gasteiger partial charge in [-0.15, -0.1) is 0 Å². The van der Waals surface area contributed by atoms with E-state index in [1.165, 1.54) is 0 Å². The average Bonchev–Trinajstić information content (AvgIpc) is 0.722. The zero-order valence-electron chi connectivity index (χ0n) is 8.70. The Labute approximate surface area is 213 Å². The van der Waals surface area contributed by atoms with Gasteiger partial charge in [-0.05, 0) is 0 Å². The molecule has 0 unspecified atom stereocenters. The van der Waals surface area contributed by atoms with Crippen LogP contribution in [0.1, 0.15) is 0 Å². The van der Waals surface area contributed by atoms with Crippen molar-refractivity contribution in [2.45, 2.75) is 0 Å². The molecule has 91 valence electrons. The first kappa shape index (κ1) is 90.8. The van der Waals surface area contributed by atoms with Crippen molar-refractivity contribution in [3.05, 3.63) is 0 Å². The minimum Gasteiger partial charge on any atom is -0.412 e. The van der Waals surface area contributed by atoms with Crippen molar-refractivity contribution in [1.82, 2.24) is 0 Å². The second-order valence-electron chi connectivity index (χ2n) is 0.513. The summed E-state index contributed by atoms with van der Waals surface area (Å²) in [4.78, 5) is 21.6. The van der Waals surface area contributed by atoms with Gasteiger partial charge in [-0.25, -0.2) is 4.57 Å². The van der Waals surface area contributed by atoms with E-state index in [1.54, 1.807) is 0 Å².